The maximum Gasteiger partial charge on any atom is 0.256 e. The lowest BCUT2D eigenvalue weighted by atomic mass is 9.95. The van der Waals surface area contributed by atoms with Gasteiger partial charge < -0.3 is 15.5 Å². The van der Waals surface area contributed by atoms with Crippen LogP contribution in [0.3, 0.4) is 0 Å². The fourth-order valence-corrected chi connectivity index (χ4v) is 3.54. The Labute approximate surface area is 154 Å². The van der Waals surface area contributed by atoms with Crippen molar-refractivity contribution in [1.82, 2.24) is 4.90 Å². The number of carbonyl (C=O) groups excluding carboxylic acids is 2. The predicted octanol–water partition coefficient (Wildman–Crippen LogP) is 2.63. The molecule has 136 valence electrons. The third-order valence-electron chi connectivity index (χ3n) is 5.05. The van der Waals surface area contributed by atoms with Crippen molar-refractivity contribution in [1.29, 1.82) is 0 Å². The number of amides is 2. The normalized spacial score (nSPS) is 19.4. The number of rotatable bonds is 4. The molecule has 26 heavy (non-hydrogen) atoms. The van der Waals surface area contributed by atoms with Gasteiger partial charge in [-0.3, -0.25) is 9.59 Å². The predicted molar refractivity (Wildman–Crippen MR) is 103 cm³/mol. The van der Waals surface area contributed by atoms with E-state index in [1.165, 1.54) is 0 Å². The van der Waals surface area contributed by atoms with E-state index in [4.69, 9.17) is 5.73 Å². The maximum atomic E-state index is 13.1. The Morgan fingerprint density at radius 2 is 1.73 bits per heavy atom. The summed E-state index contributed by atoms with van der Waals surface area (Å²) in [6.07, 6.45) is 0.393. The smallest absolute Gasteiger partial charge is 0.256 e. The van der Waals surface area contributed by atoms with Gasteiger partial charge >= 0.3 is 0 Å². The van der Waals surface area contributed by atoms with E-state index in [-0.39, 0.29) is 23.8 Å². The van der Waals surface area contributed by atoms with E-state index in [9.17, 15) is 9.59 Å². The van der Waals surface area contributed by atoms with E-state index < -0.39 is 0 Å². The van der Waals surface area contributed by atoms with Crippen molar-refractivity contribution in [2.24, 2.45) is 5.73 Å². The molecule has 1 aliphatic heterocycles. The Morgan fingerprint density at radius 1 is 1.08 bits per heavy atom. The highest BCUT2D eigenvalue weighted by molar-refractivity contribution is 6.04. The fraction of sp³-hybridized carbons (Fsp3) is 0.333. The molecule has 2 aromatic carbocycles. The molecule has 2 atom stereocenters. The van der Waals surface area contributed by atoms with Crippen LogP contribution in [0.4, 0.5) is 5.69 Å². The number of nitrogens with two attached hydrogens (primary N) is 1. The second-order valence-electron chi connectivity index (χ2n) is 6.71. The van der Waals surface area contributed by atoms with Crippen molar-refractivity contribution in [3.8, 4) is 0 Å². The number of carbonyl (C=O) groups is 2. The van der Waals surface area contributed by atoms with E-state index >= 15 is 0 Å². The molecule has 0 aliphatic carbocycles. The zero-order chi connectivity index (χ0) is 18.7. The average Bonchev–Trinajstić information content (AvgIpc) is 3.08. The van der Waals surface area contributed by atoms with Crippen molar-refractivity contribution in [3.05, 3.63) is 65.7 Å². The highest BCUT2D eigenvalue weighted by atomic mass is 16.2. The van der Waals surface area contributed by atoms with Crippen LogP contribution >= 0.6 is 0 Å². The van der Waals surface area contributed by atoms with Gasteiger partial charge in [-0.2, -0.15) is 0 Å². The summed E-state index contributed by atoms with van der Waals surface area (Å²) in [7, 11) is 1.71. The van der Waals surface area contributed by atoms with Crippen molar-refractivity contribution >= 4 is 17.5 Å². The van der Waals surface area contributed by atoms with Crippen molar-refractivity contribution in [2.75, 3.05) is 25.0 Å². The number of anilines is 1. The van der Waals surface area contributed by atoms with Gasteiger partial charge in [0.1, 0.15) is 0 Å². The molecule has 0 radical (unpaired) electrons. The standard InChI is InChI=1S/C21H25N3O2/c1-3-20(25)23(2)19-12-8-7-11-16(19)21(26)24-13-17(18(22)14-24)15-9-5-4-6-10-15/h4-12,17-18H,3,13-14,22H2,1-2H3/t17-,18+/m0/s1. The molecular weight excluding hydrogens is 326 g/mol. The SMILES string of the molecule is CCC(=O)N(C)c1ccccc1C(=O)N1C[C@@H](N)[C@H](c2ccccc2)C1. The van der Waals surface area contributed by atoms with Gasteiger partial charge in [0.15, 0.2) is 0 Å². The molecule has 2 N–H and O–H groups in total. The lowest BCUT2D eigenvalue weighted by Crippen LogP contribution is -2.34. The van der Waals surface area contributed by atoms with Crippen LogP contribution in [0.2, 0.25) is 0 Å². The topological polar surface area (TPSA) is 66.6 Å². The van der Waals surface area contributed by atoms with Gasteiger partial charge in [-0.1, -0.05) is 49.4 Å². The molecule has 0 saturated carbocycles. The molecule has 0 bridgehead atoms. The Hall–Kier alpha value is -2.66. The van der Waals surface area contributed by atoms with E-state index in [0.29, 0.717) is 30.8 Å². The highest BCUT2D eigenvalue weighted by Crippen LogP contribution is 2.29. The number of benzene rings is 2. The van der Waals surface area contributed by atoms with Gasteiger partial charge in [-0.15, -0.1) is 0 Å². The first kappa shape index (κ1) is 18.1. The molecule has 0 unspecified atom stereocenters. The van der Waals surface area contributed by atoms with Gasteiger partial charge in [-0.25, -0.2) is 0 Å². The number of nitrogens with zero attached hydrogens (tertiary/aromatic N) is 2. The molecule has 1 fully saturated rings. The summed E-state index contributed by atoms with van der Waals surface area (Å²) < 4.78 is 0. The summed E-state index contributed by atoms with van der Waals surface area (Å²) in [4.78, 5) is 28.6. The number of likely N-dealkylation sites (tertiary alicyclic amines) is 1. The van der Waals surface area contributed by atoms with E-state index in [1.54, 1.807) is 22.9 Å². The van der Waals surface area contributed by atoms with Gasteiger partial charge in [0.05, 0.1) is 11.3 Å². The minimum Gasteiger partial charge on any atom is -0.336 e. The van der Waals surface area contributed by atoms with Crippen LogP contribution in [0.15, 0.2) is 54.6 Å². The van der Waals surface area contributed by atoms with Crippen LogP contribution in [-0.4, -0.2) is 42.9 Å². The zero-order valence-corrected chi connectivity index (χ0v) is 15.3. The number of para-hydroxylation sites is 1. The molecule has 2 aromatic rings. The zero-order valence-electron chi connectivity index (χ0n) is 15.3. The molecule has 1 heterocycles. The summed E-state index contributed by atoms with van der Waals surface area (Å²) >= 11 is 0. The molecule has 1 aliphatic rings. The van der Waals surface area contributed by atoms with Crippen LogP contribution in [0.5, 0.6) is 0 Å². The van der Waals surface area contributed by atoms with E-state index in [1.807, 2.05) is 43.3 Å². The molecule has 0 spiro atoms. The first-order chi connectivity index (χ1) is 12.5. The molecule has 0 aromatic heterocycles. The van der Waals surface area contributed by atoms with Crippen LogP contribution in [0.25, 0.3) is 0 Å². The van der Waals surface area contributed by atoms with Crippen molar-refractivity contribution < 1.29 is 9.59 Å². The lowest BCUT2D eigenvalue weighted by Gasteiger charge is -2.23. The summed E-state index contributed by atoms with van der Waals surface area (Å²) in [6, 6.07) is 17.2. The molecule has 5 nitrogen and oxygen atoms in total. The summed E-state index contributed by atoms with van der Waals surface area (Å²) in [5.74, 6) is 0.0260. The molecule has 5 heteroatoms. The van der Waals surface area contributed by atoms with Crippen LogP contribution in [0, 0.1) is 0 Å². The second kappa shape index (κ2) is 7.70. The second-order valence-corrected chi connectivity index (χ2v) is 6.71. The third kappa shape index (κ3) is 3.48. The van der Waals surface area contributed by atoms with Gasteiger partial charge in [0, 0.05) is 38.5 Å². The molecule has 1 saturated heterocycles. The Balaban J connectivity index is 1.84. The first-order valence-electron chi connectivity index (χ1n) is 8.98. The summed E-state index contributed by atoms with van der Waals surface area (Å²) in [5, 5.41) is 0. The van der Waals surface area contributed by atoms with Crippen LogP contribution in [-0.2, 0) is 4.79 Å². The highest BCUT2D eigenvalue weighted by Gasteiger charge is 2.35. The number of hydrogen-bond donors (Lipinski definition) is 1. The minimum atomic E-state index is -0.0940. The molecule has 3 rings (SSSR count). The number of hydrogen-bond acceptors (Lipinski definition) is 3. The molecule has 2 amide bonds. The Kier molecular flexibility index (Phi) is 5.38. The van der Waals surface area contributed by atoms with Crippen LogP contribution < -0.4 is 10.6 Å². The fourth-order valence-electron chi connectivity index (χ4n) is 3.54. The lowest BCUT2D eigenvalue weighted by molar-refractivity contribution is -0.118. The average molecular weight is 351 g/mol. The quantitative estimate of drug-likeness (QED) is 0.921. The van der Waals surface area contributed by atoms with Gasteiger partial charge in [0.25, 0.3) is 5.91 Å². The van der Waals surface area contributed by atoms with Crippen LogP contribution in [0.1, 0.15) is 35.2 Å². The monoisotopic (exact) mass is 351 g/mol. The van der Waals surface area contributed by atoms with E-state index in [0.717, 1.165) is 5.56 Å². The Morgan fingerprint density at radius 3 is 2.42 bits per heavy atom. The summed E-state index contributed by atoms with van der Waals surface area (Å²) in [5.41, 5.74) is 8.66. The maximum absolute atomic E-state index is 13.1. The summed E-state index contributed by atoms with van der Waals surface area (Å²) in [6.45, 7) is 2.91. The minimum absolute atomic E-state index is 0.0227. The van der Waals surface area contributed by atoms with Crippen molar-refractivity contribution in [2.45, 2.75) is 25.3 Å². The largest absolute Gasteiger partial charge is 0.336 e. The Bertz CT molecular complexity index is 791. The first-order valence-corrected chi connectivity index (χ1v) is 8.98. The van der Waals surface area contributed by atoms with Gasteiger partial charge in [0.2, 0.25) is 5.91 Å². The van der Waals surface area contributed by atoms with E-state index in [2.05, 4.69) is 12.1 Å². The van der Waals surface area contributed by atoms with Gasteiger partial charge in [-0.05, 0) is 17.7 Å². The van der Waals surface area contributed by atoms with Crippen molar-refractivity contribution in [3.63, 3.8) is 0 Å². The molecular formula is C21H25N3O2. The third-order valence-corrected chi connectivity index (χ3v) is 5.05.